The Hall–Kier alpha value is -1.65. The Morgan fingerprint density at radius 2 is 1.95 bits per heavy atom. The summed E-state index contributed by atoms with van der Waals surface area (Å²) in [5, 5.41) is 1.15. The molecular formula is C17H26N4. The van der Waals surface area contributed by atoms with E-state index in [1.165, 1.54) is 0 Å². The molecular weight excluding hydrogens is 260 g/mol. The molecule has 0 saturated carbocycles. The van der Waals surface area contributed by atoms with Crippen LogP contribution in [0.1, 0.15) is 19.4 Å². The third kappa shape index (κ3) is 3.93. The Labute approximate surface area is 127 Å². The summed E-state index contributed by atoms with van der Waals surface area (Å²) in [4.78, 5) is 9.17. The van der Waals surface area contributed by atoms with Gasteiger partial charge in [-0.25, -0.2) is 4.98 Å². The zero-order chi connectivity index (χ0) is 15.4. The van der Waals surface area contributed by atoms with Crippen molar-refractivity contribution in [2.24, 2.45) is 0 Å². The molecule has 2 N–H and O–H groups in total. The number of para-hydroxylation sites is 1. The Morgan fingerprint density at radius 1 is 1.24 bits per heavy atom. The molecule has 0 aliphatic carbocycles. The van der Waals surface area contributed by atoms with Crippen LogP contribution in [0, 0.1) is 0 Å². The van der Waals surface area contributed by atoms with Gasteiger partial charge < -0.3 is 10.6 Å². The minimum absolute atomic E-state index is 0.482. The number of likely N-dealkylation sites (N-methyl/N-ethyl adjacent to an activating group) is 2. The lowest BCUT2D eigenvalue weighted by Crippen LogP contribution is -2.39. The topological polar surface area (TPSA) is 45.4 Å². The quantitative estimate of drug-likeness (QED) is 0.886. The van der Waals surface area contributed by atoms with Crippen LogP contribution in [0.15, 0.2) is 30.3 Å². The molecule has 0 amide bonds. The first-order valence-electron chi connectivity index (χ1n) is 7.54. The van der Waals surface area contributed by atoms with Gasteiger partial charge in [0, 0.05) is 30.1 Å². The summed E-state index contributed by atoms with van der Waals surface area (Å²) in [6.45, 7) is 7.33. The average Bonchev–Trinajstić information content (AvgIpc) is 2.44. The second kappa shape index (κ2) is 6.87. The van der Waals surface area contributed by atoms with Crippen molar-refractivity contribution in [2.75, 3.05) is 32.9 Å². The smallest absolute Gasteiger partial charge is 0.128 e. The van der Waals surface area contributed by atoms with Gasteiger partial charge in [-0.15, -0.1) is 0 Å². The molecule has 4 nitrogen and oxygen atoms in total. The van der Waals surface area contributed by atoms with Gasteiger partial charge in [-0.3, -0.25) is 4.90 Å². The number of aromatic nitrogens is 1. The first-order valence-corrected chi connectivity index (χ1v) is 7.54. The third-order valence-corrected chi connectivity index (χ3v) is 3.87. The molecule has 1 aromatic heterocycles. The Bertz CT molecular complexity index is 594. The van der Waals surface area contributed by atoms with Gasteiger partial charge in [0.25, 0.3) is 0 Å². The van der Waals surface area contributed by atoms with Crippen molar-refractivity contribution >= 4 is 16.7 Å². The number of anilines is 1. The van der Waals surface area contributed by atoms with Gasteiger partial charge >= 0.3 is 0 Å². The maximum atomic E-state index is 6.14. The van der Waals surface area contributed by atoms with Crippen LogP contribution in [0.2, 0.25) is 0 Å². The van der Waals surface area contributed by atoms with Gasteiger partial charge in [0.15, 0.2) is 0 Å². The van der Waals surface area contributed by atoms with Crippen LogP contribution < -0.4 is 5.73 Å². The second-order valence-corrected chi connectivity index (χ2v) is 5.90. The summed E-state index contributed by atoms with van der Waals surface area (Å²) in [6, 6.07) is 10.8. The number of hydrogen-bond donors (Lipinski definition) is 1. The van der Waals surface area contributed by atoms with E-state index in [1.54, 1.807) is 0 Å². The van der Waals surface area contributed by atoms with Crippen LogP contribution in [0.5, 0.6) is 0 Å². The summed E-state index contributed by atoms with van der Waals surface area (Å²) < 4.78 is 0. The number of benzene rings is 1. The van der Waals surface area contributed by atoms with Crippen molar-refractivity contribution in [3.8, 4) is 0 Å². The summed E-state index contributed by atoms with van der Waals surface area (Å²) in [5.74, 6) is 0.643. The van der Waals surface area contributed by atoms with E-state index in [1.807, 2.05) is 18.2 Å². The van der Waals surface area contributed by atoms with Crippen molar-refractivity contribution in [1.29, 1.82) is 0 Å². The number of nitrogens with zero attached hydrogens (tertiary/aromatic N) is 3. The summed E-state index contributed by atoms with van der Waals surface area (Å²) in [5.41, 5.74) is 8.22. The van der Waals surface area contributed by atoms with Crippen molar-refractivity contribution in [1.82, 2.24) is 14.8 Å². The van der Waals surface area contributed by atoms with Crippen LogP contribution in [0.4, 0.5) is 5.82 Å². The first kappa shape index (κ1) is 15.7. The number of nitrogen functional groups attached to an aromatic ring is 1. The molecule has 0 radical (unpaired) electrons. The molecule has 4 heteroatoms. The zero-order valence-electron chi connectivity index (χ0n) is 13.5. The van der Waals surface area contributed by atoms with Gasteiger partial charge in [-0.2, -0.15) is 0 Å². The van der Waals surface area contributed by atoms with Crippen LogP contribution >= 0.6 is 0 Å². The van der Waals surface area contributed by atoms with Crippen LogP contribution in [0.25, 0.3) is 10.9 Å². The molecule has 0 fully saturated rings. The van der Waals surface area contributed by atoms with Crippen molar-refractivity contribution in [3.05, 3.63) is 35.9 Å². The lowest BCUT2D eigenvalue weighted by Gasteiger charge is -2.30. The van der Waals surface area contributed by atoms with Crippen molar-refractivity contribution in [2.45, 2.75) is 26.4 Å². The van der Waals surface area contributed by atoms with E-state index in [0.717, 1.165) is 36.1 Å². The van der Waals surface area contributed by atoms with Crippen LogP contribution in [-0.2, 0) is 6.54 Å². The third-order valence-electron chi connectivity index (χ3n) is 3.87. The zero-order valence-corrected chi connectivity index (χ0v) is 13.5. The molecule has 0 aliphatic rings. The highest BCUT2D eigenvalue weighted by atomic mass is 15.2. The van der Waals surface area contributed by atoms with Gasteiger partial charge in [0.05, 0.1) is 5.52 Å². The number of fused-ring (bicyclic) bond motifs is 1. The molecule has 1 atom stereocenters. The van der Waals surface area contributed by atoms with E-state index >= 15 is 0 Å². The fraction of sp³-hybridized carbons (Fsp3) is 0.471. The molecule has 2 aromatic rings. The Balaban J connectivity index is 2.22. The van der Waals surface area contributed by atoms with Gasteiger partial charge in [-0.05, 0) is 39.7 Å². The molecule has 0 bridgehead atoms. The second-order valence-electron chi connectivity index (χ2n) is 5.90. The molecule has 0 saturated heterocycles. The van der Waals surface area contributed by atoms with E-state index in [4.69, 9.17) is 5.73 Å². The molecule has 114 valence electrons. The summed E-state index contributed by atoms with van der Waals surface area (Å²) in [6.07, 6.45) is 0. The fourth-order valence-corrected chi connectivity index (χ4v) is 2.74. The van der Waals surface area contributed by atoms with Crippen LogP contribution in [0.3, 0.4) is 0 Å². The molecule has 0 aliphatic heterocycles. The number of pyridine rings is 1. The predicted molar refractivity (Wildman–Crippen MR) is 90.3 cm³/mol. The normalized spacial score (nSPS) is 13.2. The fourth-order valence-electron chi connectivity index (χ4n) is 2.74. The van der Waals surface area contributed by atoms with E-state index in [0.29, 0.717) is 11.9 Å². The lowest BCUT2D eigenvalue weighted by molar-refractivity contribution is 0.174. The number of nitrogens with two attached hydrogens (primary N) is 1. The summed E-state index contributed by atoms with van der Waals surface area (Å²) >= 11 is 0. The highest BCUT2D eigenvalue weighted by Gasteiger charge is 2.15. The molecule has 1 aromatic carbocycles. The standard InChI is InChI=1S/C17H26N4/c1-5-21(13(2)11-20(3)4)12-15-10-14-8-6-7-9-16(14)19-17(15)18/h6-10,13H,5,11-12H2,1-4H3,(H2,18,19). The predicted octanol–water partition coefficient (Wildman–Crippen LogP) is 2.59. The van der Waals surface area contributed by atoms with E-state index in [2.05, 4.69) is 54.9 Å². The SMILES string of the molecule is CCN(Cc1cc2ccccc2nc1N)C(C)CN(C)C. The molecule has 2 rings (SSSR count). The van der Waals surface area contributed by atoms with Gasteiger partial charge in [0.1, 0.15) is 5.82 Å². The minimum Gasteiger partial charge on any atom is -0.383 e. The van der Waals surface area contributed by atoms with Crippen molar-refractivity contribution < 1.29 is 0 Å². The Kier molecular flexibility index (Phi) is 5.15. The average molecular weight is 286 g/mol. The van der Waals surface area contributed by atoms with Gasteiger partial charge in [-0.1, -0.05) is 25.1 Å². The highest BCUT2D eigenvalue weighted by Crippen LogP contribution is 2.20. The number of hydrogen-bond acceptors (Lipinski definition) is 4. The maximum Gasteiger partial charge on any atom is 0.128 e. The molecule has 1 heterocycles. The van der Waals surface area contributed by atoms with Crippen molar-refractivity contribution in [3.63, 3.8) is 0 Å². The molecule has 1 unspecified atom stereocenters. The Morgan fingerprint density at radius 3 is 2.62 bits per heavy atom. The summed E-state index contributed by atoms with van der Waals surface area (Å²) in [7, 11) is 4.21. The first-order chi connectivity index (χ1) is 10.0. The van der Waals surface area contributed by atoms with E-state index < -0.39 is 0 Å². The van der Waals surface area contributed by atoms with Gasteiger partial charge in [0.2, 0.25) is 0 Å². The molecule has 0 spiro atoms. The highest BCUT2D eigenvalue weighted by molar-refractivity contribution is 5.81. The maximum absolute atomic E-state index is 6.14. The monoisotopic (exact) mass is 286 g/mol. The largest absolute Gasteiger partial charge is 0.383 e. The van der Waals surface area contributed by atoms with E-state index in [9.17, 15) is 0 Å². The minimum atomic E-state index is 0.482. The number of rotatable bonds is 6. The lowest BCUT2D eigenvalue weighted by atomic mass is 10.1. The van der Waals surface area contributed by atoms with E-state index in [-0.39, 0.29) is 0 Å². The van der Waals surface area contributed by atoms with Crippen LogP contribution in [-0.4, -0.2) is 48.0 Å². The molecule has 21 heavy (non-hydrogen) atoms.